The van der Waals surface area contributed by atoms with Crippen molar-refractivity contribution in [3.8, 4) is 0 Å². The Hall–Kier alpha value is -1.95. The molecule has 0 bridgehead atoms. The number of hydrogen-bond acceptors (Lipinski definition) is 4. The number of hydrogen-bond donors (Lipinski definition) is 0. The van der Waals surface area contributed by atoms with Crippen LogP contribution in [0.1, 0.15) is 18.1 Å². The van der Waals surface area contributed by atoms with Crippen molar-refractivity contribution in [2.24, 2.45) is 0 Å². The number of rotatable bonds is 3. The maximum Gasteiger partial charge on any atom is 0.326 e. The number of nitrogens with zero attached hydrogens (tertiary/aromatic N) is 2. The minimum absolute atomic E-state index is 0.102. The lowest BCUT2D eigenvalue weighted by atomic mass is 9.95. The molecule has 0 N–H and O–H groups in total. The van der Waals surface area contributed by atoms with E-state index in [1.165, 1.54) is 16.0 Å². The summed E-state index contributed by atoms with van der Waals surface area (Å²) in [5, 5.41) is 0.424. The highest BCUT2D eigenvalue weighted by Crippen LogP contribution is 2.29. The summed E-state index contributed by atoms with van der Waals surface area (Å²) >= 11 is 5.37. The molecule has 2 aliphatic rings. The maximum atomic E-state index is 12.5. The van der Waals surface area contributed by atoms with Gasteiger partial charge < -0.3 is 9.64 Å². The van der Waals surface area contributed by atoms with E-state index in [2.05, 4.69) is 0 Å². The van der Waals surface area contributed by atoms with Gasteiger partial charge in [-0.2, -0.15) is 0 Å². The molecular weight excluding hydrogens is 288 g/mol. The van der Waals surface area contributed by atoms with E-state index in [4.69, 9.17) is 17.0 Å². The number of amides is 1. The molecule has 1 aromatic rings. The normalized spacial score (nSPS) is 20.3. The van der Waals surface area contributed by atoms with Crippen molar-refractivity contribution in [3.05, 3.63) is 35.4 Å². The number of benzene rings is 1. The molecule has 1 amide bonds. The Labute approximate surface area is 128 Å². The second-order valence-electron chi connectivity index (χ2n) is 5.13. The number of thiocarbonyl (C=S) groups is 1. The lowest BCUT2D eigenvalue weighted by Crippen LogP contribution is -2.39. The molecule has 0 spiro atoms. The van der Waals surface area contributed by atoms with Crippen LogP contribution in [0.25, 0.3) is 0 Å². The highest BCUT2D eigenvalue weighted by atomic mass is 32.1. The van der Waals surface area contributed by atoms with E-state index in [1.807, 2.05) is 29.2 Å². The van der Waals surface area contributed by atoms with Crippen molar-refractivity contribution in [1.82, 2.24) is 9.80 Å². The number of carbonyl (C=O) groups excluding carboxylic acids is 2. The fourth-order valence-electron chi connectivity index (χ4n) is 2.86. The van der Waals surface area contributed by atoms with Gasteiger partial charge in [0.2, 0.25) is 0 Å². The Morgan fingerprint density at radius 1 is 1.38 bits per heavy atom. The van der Waals surface area contributed by atoms with Gasteiger partial charge in [-0.15, -0.1) is 0 Å². The van der Waals surface area contributed by atoms with Gasteiger partial charge in [0, 0.05) is 13.0 Å². The molecule has 5 nitrogen and oxygen atoms in total. The van der Waals surface area contributed by atoms with Crippen LogP contribution < -0.4 is 0 Å². The third-order valence-corrected chi connectivity index (χ3v) is 4.32. The first-order valence-electron chi connectivity index (χ1n) is 6.96. The second kappa shape index (κ2) is 5.44. The van der Waals surface area contributed by atoms with Crippen LogP contribution in [0.4, 0.5) is 0 Å². The summed E-state index contributed by atoms with van der Waals surface area (Å²) < 4.78 is 4.90. The number of ether oxygens (including phenoxy) is 1. The number of carbonyl (C=O) groups is 2. The summed E-state index contributed by atoms with van der Waals surface area (Å²) in [4.78, 5) is 27.4. The molecule has 2 aliphatic heterocycles. The van der Waals surface area contributed by atoms with Crippen molar-refractivity contribution in [3.63, 3.8) is 0 Å². The fourth-order valence-corrected chi connectivity index (χ4v) is 3.20. The van der Waals surface area contributed by atoms with Gasteiger partial charge in [-0.25, -0.2) is 0 Å². The molecule has 2 heterocycles. The van der Waals surface area contributed by atoms with E-state index < -0.39 is 5.97 Å². The summed E-state index contributed by atoms with van der Waals surface area (Å²) in [6.45, 7) is 2.55. The zero-order chi connectivity index (χ0) is 15.0. The lowest BCUT2D eigenvalue weighted by molar-refractivity contribution is -0.146. The molecule has 0 saturated carbocycles. The molecule has 1 fully saturated rings. The first kappa shape index (κ1) is 14.0. The van der Waals surface area contributed by atoms with Crippen molar-refractivity contribution >= 4 is 29.2 Å². The molecule has 0 aliphatic carbocycles. The summed E-state index contributed by atoms with van der Waals surface area (Å²) in [6, 6.07) is 7.75. The van der Waals surface area contributed by atoms with Crippen LogP contribution in [0, 0.1) is 0 Å². The molecule has 3 rings (SSSR count). The first-order valence-corrected chi connectivity index (χ1v) is 7.37. The summed E-state index contributed by atoms with van der Waals surface area (Å²) in [7, 11) is 0. The van der Waals surface area contributed by atoms with Gasteiger partial charge in [0.05, 0.1) is 6.61 Å². The van der Waals surface area contributed by atoms with Crippen LogP contribution in [-0.4, -0.2) is 46.0 Å². The predicted molar refractivity (Wildman–Crippen MR) is 80.4 cm³/mol. The van der Waals surface area contributed by atoms with Crippen molar-refractivity contribution in [2.45, 2.75) is 25.9 Å². The molecule has 21 heavy (non-hydrogen) atoms. The number of esters is 1. The number of fused-ring (bicyclic) bond motifs is 2. The molecule has 0 aromatic heterocycles. The zero-order valence-electron chi connectivity index (χ0n) is 11.7. The van der Waals surface area contributed by atoms with Gasteiger partial charge in [0.1, 0.15) is 12.6 Å². The minimum atomic E-state index is -0.425. The van der Waals surface area contributed by atoms with Crippen molar-refractivity contribution in [2.75, 3.05) is 13.2 Å². The van der Waals surface area contributed by atoms with Crippen molar-refractivity contribution in [1.29, 1.82) is 0 Å². The second-order valence-corrected chi connectivity index (χ2v) is 5.49. The SMILES string of the molecule is CCOC(=O)CN1C(=O)[C@H]2Cc3ccccc3CN2C1=S. The van der Waals surface area contributed by atoms with E-state index >= 15 is 0 Å². The lowest BCUT2D eigenvalue weighted by Gasteiger charge is -2.30. The standard InChI is InChI=1S/C15H16N2O3S/c1-2-20-13(18)9-17-14(19)12-7-10-5-3-4-6-11(10)8-16(12)15(17)21/h3-6,12H,2,7-9H2,1H3/t12-/m1/s1. The maximum absolute atomic E-state index is 12.5. The van der Waals surface area contributed by atoms with Gasteiger partial charge in [-0.05, 0) is 30.3 Å². The van der Waals surface area contributed by atoms with Gasteiger partial charge >= 0.3 is 5.97 Å². The third kappa shape index (κ3) is 2.40. The highest BCUT2D eigenvalue weighted by molar-refractivity contribution is 7.80. The molecule has 0 unspecified atom stereocenters. The summed E-state index contributed by atoms with van der Waals surface area (Å²) in [5.41, 5.74) is 2.36. The van der Waals surface area contributed by atoms with Crippen LogP contribution in [0.2, 0.25) is 0 Å². The van der Waals surface area contributed by atoms with Crippen molar-refractivity contribution < 1.29 is 14.3 Å². The minimum Gasteiger partial charge on any atom is -0.465 e. The van der Waals surface area contributed by atoms with Gasteiger partial charge in [-0.3, -0.25) is 14.5 Å². The van der Waals surface area contributed by atoms with Crippen LogP contribution >= 0.6 is 12.2 Å². The first-order chi connectivity index (χ1) is 10.1. The Kier molecular flexibility index (Phi) is 3.63. The Morgan fingerprint density at radius 2 is 2.10 bits per heavy atom. The van der Waals surface area contributed by atoms with E-state index in [0.29, 0.717) is 24.7 Å². The highest BCUT2D eigenvalue weighted by Gasteiger charge is 2.45. The quantitative estimate of drug-likeness (QED) is 0.618. The largest absolute Gasteiger partial charge is 0.465 e. The van der Waals surface area contributed by atoms with Gasteiger partial charge in [0.25, 0.3) is 5.91 Å². The Balaban J connectivity index is 1.81. The average molecular weight is 304 g/mol. The fraction of sp³-hybridized carbons (Fsp3) is 0.400. The van der Waals surface area contributed by atoms with Crippen LogP contribution in [0.5, 0.6) is 0 Å². The third-order valence-electron chi connectivity index (χ3n) is 3.87. The van der Waals surface area contributed by atoms with E-state index in [9.17, 15) is 9.59 Å². The van der Waals surface area contributed by atoms with Gasteiger partial charge in [0.15, 0.2) is 5.11 Å². The molecule has 1 saturated heterocycles. The van der Waals surface area contributed by atoms with E-state index in [1.54, 1.807) is 6.92 Å². The van der Waals surface area contributed by atoms with Crippen LogP contribution in [0.15, 0.2) is 24.3 Å². The Morgan fingerprint density at radius 3 is 2.81 bits per heavy atom. The molecule has 1 atom stereocenters. The average Bonchev–Trinajstić information content (AvgIpc) is 2.70. The Bertz CT molecular complexity index is 574. The summed E-state index contributed by atoms with van der Waals surface area (Å²) in [5.74, 6) is -0.534. The molecular formula is C15H16N2O3S. The molecule has 6 heteroatoms. The molecule has 1 aromatic carbocycles. The van der Waals surface area contributed by atoms with Gasteiger partial charge in [-0.1, -0.05) is 24.3 Å². The predicted octanol–water partition coefficient (Wildman–Crippen LogP) is 1.10. The zero-order valence-corrected chi connectivity index (χ0v) is 12.6. The monoisotopic (exact) mass is 304 g/mol. The topological polar surface area (TPSA) is 49.9 Å². The summed E-state index contributed by atoms with van der Waals surface area (Å²) in [6.07, 6.45) is 0.633. The van der Waals surface area contributed by atoms with E-state index in [-0.39, 0.29) is 18.5 Å². The smallest absolute Gasteiger partial charge is 0.326 e. The van der Waals surface area contributed by atoms with E-state index in [0.717, 1.165) is 0 Å². The van der Waals surface area contributed by atoms with Crippen LogP contribution in [0.3, 0.4) is 0 Å². The van der Waals surface area contributed by atoms with Crippen LogP contribution in [-0.2, 0) is 27.3 Å². The molecule has 0 radical (unpaired) electrons. The molecule has 110 valence electrons.